The van der Waals surface area contributed by atoms with E-state index in [1.807, 2.05) is 24.3 Å². The standard InChI is InChI=1S/C16H24N2O.ClH/c1-12-7-9-16(2,10-8-12)18-15(19)14-5-3-13(11-17)4-6-14;/h3-6,12H,7-11,17H2,1-2H3,(H,18,19);1H. The molecule has 1 aliphatic carbocycles. The summed E-state index contributed by atoms with van der Waals surface area (Å²) in [5, 5.41) is 3.20. The van der Waals surface area contributed by atoms with Gasteiger partial charge in [0.15, 0.2) is 0 Å². The summed E-state index contributed by atoms with van der Waals surface area (Å²) in [7, 11) is 0. The van der Waals surface area contributed by atoms with E-state index in [0.717, 1.165) is 29.9 Å². The largest absolute Gasteiger partial charge is 0.347 e. The van der Waals surface area contributed by atoms with Crippen molar-refractivity contribution in [2.24, 2.45) is 11.7 Å². The average molecular weight is 297 g/mol. The summed E-state index contributed by atoms with van der Waals surface area (Å²) in [6.07, 6.45) is 4.54. The molecule has 0 radical (unpaired) electrons. The van der Waals surface area contributed by atoms with E-state index in [0.29, 0.717) is 6.54 Å². The van der Waals surface area contributed by atoms with Gasteiger partial charge in [-0.2, -0.15) is 0 Å². The summed E-state index contributed by atoms with van der Waals surface area (Å²) in [5.74, 6) is 0.814. The second kappa shape index (κ2) is 7.09. The Kier molecular flexibility index (Phi) is 6.03. The van der Waals surface area contributed by atoms with Crippen LogP contribution in [0.15, 0.2) is 24.3 Å². The normalized spacial score (nSPS) is 25.6. The van der Waals surface area contributed by atoms with Crippen molar-refractivity contribution in [3.8, 4) is 0 Å². The number of rotatable bonds is 3. The van der Waals surface area contributed by atoms with Gasteiger partial charge in [-0.25, -0.2) is 0 Å². The van der Waals surface area contributed by atoms with Crippen molar-refractivity contribution in [2.45, 2.75) is 51.6 Å². The molecule has 1 fully saturated rings. The topological polar surface area (TPSA) is 55.1 Å². The van der Waals surface area contributed by atoms with Crippen molar-refractivity contribution in [1.29, 1.82) is 0 Å². The maximum absolute atomic E-state index is 12.3. The van der Waals surface area contributed by atoms with Crippen LogP contribution in [-0.2, 0) is 6.54 Å². The lowest BCUT2D eigenvalue weighted by atomic mass is 9.78. The first-order valence-corrected chi connectivity index (χ1v) is 7.14. The molecule has 0 unspecified atom stereocenters. The molecular formula is C16H25ClN2O. The van der Waals surface area contributed by atoms with Crippen LogP contribution < -0.4 is 11.1 Å². The number of nitrogens with two attached hydrogens (primary N) is 1. The molecule has 1 amide bonds. The van der Waals surface area contributed by atoms with Crippen molar-refractivity contribution in [3.63, 3.8) is 0 Å². The Labute approximate surface area is 127 Å². The molecule has 0 saturated heterocycles. The van der Waals surface area contributed by atoms with E-state index >= 15 is 0 Å². The van der Waals surface area contributed by atoms with Gasteiger partial charge in [-0.15, -0.1) is 12.4 Å². The monoisotopic (exact) mass is 296 g/mol. The minimum Gasteiger partial charge on any atom is -0.347 e. The molecule has 0 spiro atoms. The van der Waals surface area contributed by atoms with E-state index < -0.39 is 0 Å². The summed E-state index contributed by atoms with van der Waals surface area (Å²) in [6, 6.07) is 7.54. The summed E-state index contributed by atoms with van der Waals surface area (Å²) in [6.45, 7) is 4.95. The summed E-state index contributed by atoms with van der Waals surface area (Å²) in [5.41, 5.74) is 7.28. The smallest absolute Gasteiger partial charge is 0.251 e. The molecule has 4 heteroatoms. The highest BCUT2D eigenvalue weighted by Crippen LogP contribution is 2.31. The lowest BCUT2D eigenvalue weighted by molar-refractivity contribution is 0.0870. The lowest BCUT2D eigenvalue weighted by Gasteiger charge is -2.37. The van der Waals surface area contributed by atoms with E-state index in [2.05, 4.69) is 19.2 Å². The summed E-state index contributed by atoms with van der Waals surface area (Å²) < 4.78 is 0. The number of benzene rings is 1. The zero-order chi connectivity index (χ0) is 13.9. The summed E-state index contributed by atoms with van der Waals surface area (Å²) in [4.78, 5) is 12.3. The molecule has 0 atom stereocenters. The van der Waals surface area contributed by atoms with Gasteiger partial charge in [-0.1, -0.05) is 19.1 Å². The van der Waals surface area contributed by atoms with Crippen LogP contribution in [0.25, 0.3) is 0 Å². The molecule has 1 saturated carbocycles. The molecule has 1 aromatic carbocycles. The summed E-state index contributed by atoms with van der Waals surface area (Å²) >= 11 is 0. The van der Waals surface area contributed by atoms with Gasteiger partial charge in [-0.3, -0.25) is 4.79 Å². The van der Waals surface area contributed by atoms with Crippen molar-refractivity contribution >= 4 is 18.3 Å². The molecule has 0 bridgehead atoms. The van der Waals surface area contributed by atoms with E-state index in [9.17, 15) is 4.79 Å². The van der Waals surface area contributed by atoms with Gasteiger partial charge >= 0.3 is 0 Å². The van der Waals surface area contributed by atoms with Crippen molar-refractivity contribution < 1.29 is 4.79 Å². The second-order valence-electron chi connectivity index (χ2n) is 6.10. The van der Waals surface area contributed by atoms with Gasteiger partial charge in [0.05, 0.1) is 0 Å². The molecule has 0 aromatic heterocycles. The molecule has 3 N–H and O–H groups in total. The van der Waals surface area contributed by atoms with Crippen molar-refractivity contribution in [1.82, 2.24) is 5.32 Å². The van der Waals surface area contributed by atoms with E-state index in [1.54, 1.807) is 0 Å². The number of amides is 1. The van der Waals surface area contributed by atoms with Gasteiger partial charge in [0.2, 0.25) is 0 Å². The number of carbonyl (C=O) groups excluding carboxylic acids is 1. The highest BCUT2D eigenvalue weighted by atomic mass is 35.5. The van der Waals surface area contributed by atoms with Crippen LogP contribution in [0.1, 0.15) is 55.5 Å². The predicted octanol–water partition coefficient (Wildman–Crippen LogP) is 3.27. The van der Waals surface area contributed by atoms with Crippen LogP contribution in [0.3, 0.4) is 0 Å². The van der Waals surface area contributed by atoms with E-state index in [-0.39, 0.29) is 23.9 Å². The van der Waals surface area contributed by atoms with Gasteiger partial charge in [-0.05, 0) is 56.2 Å². The van der Waals surface area contributed by atoms with Gasteiger partial charge in [0.1, 0.15) is 0 Å². The predicted molar refractivity (Wildman–Crippen MR) is 85.1 cm³/mol. The molecule has 0 heterocycles. The Hall–Kier alpha value is -1.06. The zero-order valence-corrected chi connectivity index (χ0v) is 13.1. The minimum absolute atomic E-state index is 0. The zero-order valence-electron chi connectivity index (χ0n) is 12.3. The van der Waals surface area contributed by atoms with Crippen LogP contribution in [0, 0.1) is 5.92 Å². The molecule has 1 aromatic rings. The maximum Gasteiger partial charge on any atom is 0.251 e. The molecule has 1 aliphatic rings. The first-order valence-electron chi connectivity index (χ1n) is 7.14. The Morgan fingerprint density at radius 2 is 1.85 bits per heavy atom. The molecule has 112 valence electrons. The number of nitrogens with one attached hydrogen (secondary N) is 1. The van der Waals surface area contributed by atoms with E-state index in [4.69, 9.17) is 5.73 Å². The molecule has 3 nitrogen and oxygen atoms in total. The minimum atomic E-state index is -0.0455. The first kappa shape index (κ1) is 17.0. The highest BCUT2D eigenvalue weighted by molar-refractivity contribution is 5.94. The number of halogens is 1. The Balaban J connectivity index is 0.00000200. The maximum atomic E-state index is 12.3. The van der Waals surface area contributed by atoms with Gasteiger partial charge < -0.3 is 11.1 Å². The SMILES string of the molecule is CC1CCC(C)(NC(=O)c2ccc(CN)cc2)CC1.Cl. The van der Waals surface area contributed by atoms with Crippen LogP contribution in [-0.4, -0.2) is 11.4 Å². The fourth-order valence-electron chi connectivity index (χ4n) is 2.66. The average Bonchev–Trinajstić information content (AvgIpc) is 2.42. The number of hydrogen-bond acceptors (Lipinski definition) is 2. The van der Waals surface area contributed by atoms with Gasteiger partial charge in [0, 0.05) is 17.6 Å². The molecule has 0 aliphatic heterocycles. The van der Waals surface area contributed by atoms with Crippen LogP contribution in [0.2, 0.25) is 0 Å². The van der Waals surface area contributed by atoms with E-state index in [1.165, 1.54) is 12.8 Å². The Bertz CT molecular complexity index is 436. The highest BCUT2D eigenvalue weighted by Gasteiger charge is 2.31. The quantitative estimate of drug-likeness (QED) is 0.899. The third kappa shape index (κ3) is 4.22. The van der Waals surface area contributed by atoms with Gasteiger partial charge in [0.25, 0.3) is 5.91 Å². The second-order valence-corrected chi connectivity index (χ2v) is 6.10. The van der Waals surface area contributed by atoms with Crippen molar-refractivity contribution in [2.75, 3.05) is 0 Å². The fraction of sp³-hybridized carbons (Fsp3) is 0.562. The number of hydrogen-bond donors (Lipinski definition) is 2. The van der Waals surface area contributed by atoms with Crippen molar-refractivity contribution in [3.05, 3.63) is 35.4 Å². The third-order valence-corrected chi connectivity index (χ3v) is 4.24. The lowest BCUT2D eigenvalue weighted by Crippen LogP contribution is -2.48. The van der Waals surface area contributed by atoms with Crippen LogP contribution in [0.4, 0.5) is 0 Å². The first-order chi connectivity index (χ1) is 9.02. The molecular weight excluding hydrogens is 272 g/mol. The Morgan fingerprint density at radius 1 is 1.30 bits per heavy atom. The van der Waals surface area contributed by atoms with Crippen LogP contribution >= 0.6 is 12.4 Å². The third-order valence-electron chi connectivity index (χ3n) is 4.24. The number of carbonyl (C=O) groups is 1. The fourth-order valence-corrected chi connectivity index (χ4v) is 2.66. The molecule has 20 heavy (non-hydrogen) atoms. The van der Waals surface area contributed by atoms with Crippen LogP contribution in [0.5, 0.6) is 0 Å². The Morgan fingerprint density at radius 3 is 2.35 bits per heavy atom. The molecule has 2 rings (SSSR count).